The summed E-state index contributed by atoms with van der Waals surface area (Å²) in [6.07, 6.45) is 4.36. The second-order valence-electron chi connectivity index (χ2n) is 6.80. The molecule has 0 bridgehead atoms. The average Bonchev–Trinajstić information content (AvgIpc) is 2.62. The Hall–Kier alpha value is -1.94. The van der Waals surface area contributed by atoms with E-state index in [0.29, 0.717) is 12.0 Å². The lowest BCUT2D eigenvalue weighted by atomic mass is 9.81. The molecular weight excluding hydrogens is 314 g/mol. The molecule has 4 heteroatoms. The third-order valence-electron chi connectivity index (χ3n) is 4.93. The van der Waals surface area contributed by atoms with Gasteiger partial charge in [-0.1, -0.05) is 51.1 Å². The van der Waals surface area contributed by atoms with Gasteiger partial charge in [0, 0.05) is 30.0 Å². The molecule has 1 aromatic carbocycles. The molecule has 1 aliphatic carbocycles. The van der Waals surface area contributed by atoms with Gasteiger partial charge in [-0.2, -0.15) is 0 Å². The van der Waals surface area contributed by atoms with Gasteiger partial charge < -0.3 is 10.1 Å². The van der Waals surface area contributed by atoms with E-state index in [1.165, 1.54) is 6.92 Å². The highest BCUT2D eigenvalue weighted by Gasteiger charge is 2.34. The smallest absolute Gasteiger partial charge is 0.217 e. The molecule has 0 radical (unpaired) electrons. The van der Waals surface area contributed by atoms with Gasteiger partial charge in [-0.05, 0) is 25.3 Å². The van der Waals surface area contributed by atoms with E-state index in [1.807, 2.05) is 36.4 Å². The number of ketones is 1. The van der Waals surface area contributed by atoms with Crippen molar-refractivity contribution in [1.29, 1.82) is 0 Å². The van der Waals surface area contributed by atoms with E-state index in [9.17, 15) is 9.59 Å². The molecule has 0 unspecified atom stereocenters. The van der Waals surface area contributed by atoms with Crippen LogP contribution in [0.1, 0.15) is 57.3 Å². The molecule has 0 fully saturated rings. The minimum atomic E-state index is -0.168. The van der Waals surface area contributed by atoms with Gasteiger partial charge in [-0.25, -0.2) is 0 Å². The van der Waals surface area contributed by atoms with Crippen molar-refractivity contribution in [3.8, 4) is 0 Å². The molecule has 0 spiro atoms. The molecule has 1 aliphatic rings. The summed E-state index contributed by atoms with van der Waals surface area (Å²) in [6.45, 7) is 7.80. The van der Waals surface area contributed by atoms with Gasteiger partial charge in [0.2, 0.25) is 5.91 Å². The predicted octanol–water partition coefficient (Wildman–Crippen LogP) is 3.91. The van der Waals surface area contributed by atoms with Crippen LogP contribution in [0.25, 0.3) is 0 Å². The van der Waals surface area contributed by atoms with Crippen LogP contribution in [-0.2, 0) is 9.53 Å². The molecule has 0 aliphatic heterocycles. The van der Waals surface area contributed by atoms with E-state index in [0.717, 1.165) is 18.4 Å². The normalized spacial score (nSPS) is 23.2. The first-order chi connectivity index (χ1) is 12.0. The summed E-state index contributed by atoms with van der Waals surface area (Å²) in [6, 6.07) is 9.18. The van der Waals surface area contributed by atoms with Crippen molar-refractivity contribution >= 4 is 11.7 Å². The Morgan fingerprint density at radius 1 is 1.20 bits per heavy atom. The molecular formula is C21H29NO3. The molecule has 4 nitrogen and oxygen atoms in total. The minimum absolute atomic E-state index is 0.0148. The van der Waals surface area contributed by atoms with E-state index in [-0.39, 0.29) is 35.9 Å². The van der Waals surface area contributed by atoms with Gasteiger partial charge >= 0.3 is 0 Å². The Morgan fingerprint density at radius 2 is 1.84 bits per heavy atom. The summed E-state index contributed by atoms with van der Waals surface area (Å²) in [5.41, 5.74) is 1.39. The van der Waals surface area contributed by atoms with Crippen LogP contribution in [0.15, 0.2) is 42.0 Å². The molecule has 0 aromatic heterocycles. The summed E-state index contributed by atoms with van der Waals surface area (Å²) in [5.74, 6) is 0.0596. The summed E-state index contributed by atoms with van der Waals surface area (Å²) < 4.78 is 6.25. The fraction of sp³-hybridized carbons (Fsp3) is 0.524. The molecule has 1 aromatic rings. The number of hydrogen-bond donors (Lipinski definition) is 1. The number of ether oxygens (including phenoxy) is 1. The van der Waals surface area contributed by atoms with Crippen LogP contribution in [0.4, 0.5) is 0 Å². The molecule has 25 heavy (non-hydrogen) atoms. The van der Waals surface area contributed by atoms with Crippen LogP contribution in [0.2, 0.25) is 0 Å². The molecule has 3 atom stereocenters. The second-order valence-corrected chi connectivity index (χ2v) is 6.80. The zero-order valence-corrected chi connectivity index (χ0v) is 15.6. The Kier molecular flexibility index (Phi) is 6.94. The summed E-state index contributed by atoms with van der Waals surface area (Å²) in [5, 5.41) is 3.00. The summed E-state index contributed by atoms with van der Waals surface area (Å²) >= 11 is 0. The van der Waals surface area contributed by atoms with Crippen LogP contribution in [0, 0.1) is 5.92 Å². The molecule has 1 amide bonds. The quantitative estimate of drug-likeness (QED) is 0.764. The number of hydrogen-bond acceptors (Lipinski definition) is 3. The number of carbonyl (C=O) groups excluding carboxylic acids is 2. The highest BCUT2D eigenvalue weighted by molar-refractivity contribution is 6.08. The number of nitrogens with one attached hydrogen (secondary N) is 1. The van der Waals surface area contributed by atoms with Gasteiger partial charge in [0.25, 0.3) is 0 Å². The van der Waals surface area contributed by atoms with Gasteiger partial charge in [0.1, 0.15) is 0 Å². The Bertz CT molecular complexity index is 619. The zero-order chi connectivity index (χ0) is 18.4. The van der Waals surface area contributed by atoms with E-state index < -0.39 is 0 Å². The number of benzene rings is 1. The molecule has 0 heterocycles. The zero-order valence-electron chi connectivity index (χ0n) is 15.6. The van der Waals surface area contributed by atoms with E-state index in [1.54, 1.807) is 0 Å². The van der Waals surface area contributed by atoms with Gasteiger partial charge in [-0.15, -0.1) is 0 Å². The van der Waals surface area contributed by atoms with Crippen molar-refractivity contribution in [3.63, 3.8) is 0 Å². The molecule has 1 N–H and O–H groups in total. The largest absolute Gasteiger partial charge is 0.371 e. The van der Waals surface area contributed by atoms with Crippen molar-refractivity contribution in [1.82, 2.24) is 5.32 Å². The highest BCUT2D eigenvalue weighted by Crippen LogP contribution is 2.30. The van der Waals surface area contributed by atoms with Crippen LogP contribution in [-0.4, -0.2) is 29.9 Å². The van der Waals surface area contributed by atoms with Gasteiger partial charge in [0.05, 0.1) is 12.2 Å². The van der Waals surface area contributed by atoms with Crippen LogP contribution >= 0.6 is 0 Å². The number of rotatable bonds is 7. The van der Waals surface area contributed by atoms with E-state index >= 15 is 0 Å². The average molecular weight is 343 g/mol. The summed E-state index contributed by atoms with van der Waals surface area (Å²) in [7, 11) is 0. The number of amides is 1. The first kappa shape index (κ1) is 19.4. The van der Waals surface area contributed by atoms with E-state index in [2.05, 4.69) is 26.1 Å². The fourth-order valence-corrected chi connectivity index (χ4v) is 3.32. The van der Waals surface area contributed by atoms with Crippen molar-refractivity contribution in [3.05, 3.63) is 47.5 Å². The Morgan fingerprint density at radius 3 is 2.40 bits per heavy atom. The SMILES string of the molecule is CCC(CC)O[C@@H]1C=C(C(=O)c2ccccc2)C[C@H](NC(C)=O)[C@H]1C. The maximum atomic E-state index is 12.9. The minimum Gasteiger partial charge on any atom is -0.371 e. The first-order valence-electron chi connectivity index (χ1n) is 9.19. The van der Waals surface area contributed by atoms with Crippen molar-refractivity contribution in [2.24, 2.45) is 5.92 Å². The maximum Gasteiger partial charge on any atom is 0.217 e. The van der Waals surface area contributed by atoms with E-state index in [4.69, 9.17) is 4.74 Å². The first-order valence-corrected chi connectivity index (χ1v) is 9.19. The lowest BCUT2D eigenvalue weighted by Gasteiger charge is -2.36. The van der Waals surface area contributed by atoms with Gasteiger partial charge in [-0.3, -0.25) is 9.59 Å². The van der Waals surface area contributed by atoms with Gasteiger partial charge in [0.15, 0.2) is 5.78 Å². The van der Waals surface area contributed by atoms with Crippen LogP contribution < -0.4 is 5.32 Å². The topological polar surface area (TPSA) is 55.4 Å². The molecule has 0 saturated carbocycles. The number of carbonyl (C=O) groups is 2. The third-order valence-corrected chi connectivity index (χ3v) is 4.93. The van der Waals surface area contributed by atoms with Crippen molar-refractivity contribution in [2.45, 2.75) is 65.2 Å². The lowest BCUT2D eigenvalue weighted by Crippen LogP contribution is -2.47. The Balaban J connectivity index is 2.28. The summed E-state index contributed by atoms with van der Waals surface area (Å²) in [4.78, 5) is 24.5. The molecule has 136 valence electrons. The standard InChI is InChI=1S/C21H29NO3/c1-5-18(6-2)25-20-13-17(12-19(14(20)3)22-15(4)23)21(24)16-10-8-7-9-11-16/h7-11,13-14,18-20H,5-6,12H2,1-4H3,(H,22,23)/t14-,19+,20-/m1/s1. The second kappa shape index (κ2) is 8.95. The molecule has 2 rings (SSSR count). The molecule has 0 saturated heterocycles. The predicted molar refractivity (Wildman–Crippen MR) is 99.5 cm³/mol. The third kappa shape index (κ3) is 5.02. The van der Waals surface area contributed by atoms with Crippen LogP contribution in [0.5, 0.6) is 0 Å². The van der Waals surface area contributed by atoms with Crippen molar-refractivity contribution < 1.29 is 14.3 Å². The van der Waals surface area contributed by atoms with Crippen LogP contribution in [0.3, 0.4) is 0 Å². The monoisotopic (exact) mass is 343 g/mol. The maximum absolute atomic E-state index is 12.9. The lowest BCUT2D eigenvalue weighted by molar-refractivity contribution is -0.120. The van der Waals surface area contributed by atoms with Crippen molar-refractivity contribution in [2.75, 3.05) is 0 Å². The Labute approximate surface area is 150 Å². The number of Topliss-reactive ketones (excluding diaryl/α,β-unsaturated/α-hetero) is 1. The fourth-order valence-electron chi connectivity index (χ4n) is 3.32. The highest BCUT2D eigenvalue weighted by atomic mass is 16.5.